The molecule has 1 aliphatic heterocycles. The maximum atomic E-state index is 11.2. The number of rotatable bonds is 5. The molecule has 1 aliphatic rings. The molecule has 1 N–H and O–H groups in total. The molecule has 0 bridgehead atoms. The standard InChI is InChI=1S/C15H17NO5S.K/c1-10-15(2,8-4-3-5-14(17)18)12-9-11(22(19,20)21)6-7-13(12)16-10;/h4,6-9H,3,5H2,1-2H3,(H,17,18)(H,19,20,21);/q;+1/p-1/b8-4-;. The molecule has 0 saturated carbocycles. The topological polar surface area (TPSA) is 107 Å². The summed E-state index contributed by atoms with van der Waals surface area (Å²) in [5.74, 6) is -0.883. The average molecular weight is 361 g/mol. The number of benzene rings is 1. The third kappa shape index (κ3) is 4.59. The van der Waals surface area contributed by atoms with Crippen LogP contribution >= 0.6 is 0 Å². The van der Waals surface area contributed by atoms with Crippen LogP contribution in [0.25, 0.3) is 0 Å². The number of hydrogen-bond acceptors (Lipinski definition) is 5. The van der Waals surface area contributed by atoms with Crippen LogP contribution in [-0.4, -0.2) is 29.8 Å². The number of carboxylic acid groups (broad SMARTS) is 1. The van der Waals surface area contributed by atoms with Crippen LogP contribution in [0, 0.1) is 0 Å². The van der Waals surface area contributed by atoms with E-state index in [-0.39, 0.29) is 62.7 Å². The molecule has 0 radical (unpaired) electrons. The first kappa shape index (κ1) is 20.7. The molecule has 1 heterocycles. The van der Waals surface area contributed by atoms with Crippen molar-refractivity contribution in [2.75, 3.05) is 0 Å². The molecule has 2 rings (SSSR count). The van der Waals surface area contributed by atoms with Gasteiger partial charge in [-0.25, -0.2) is 8.42 Å². The van der Waals surface area contributed by atoms with Crippen molar-refractivity contribution in [2.45, 2.75) is 37.0 Å². The van der Waals surface area contributed by atoms with E-state index >= 15 is 0 Å². The molecule has 8 heteroatoms. The molecular formula is C15H16KNO5S. The molecule has 1 aromatic carbocycles. The van der Waals surface area contributed by atoms with Gasteiger partial charge in [0.2, 0.25) is 0 Å². The van der Waals surface area contributed by atoms with Gasteiger partial charge in [-0.1, -0.05) is 12.2 Å². The molecule has 0 spiro atoms. The van der Waals surface area contributed by atoms with Crippen LogP contribution in [0.3, 0.4) is 0 Å². The number of carbonyl (C=O) groups is 1. The van der Waals surface area contributed by atoms with Crippen molar-refractivity contribution < 1.29 is 74.3 Å². The molecule has 118 valence electrons. The zero-order valence-electron chi connectivity index (χ0n) is 13.2. The molecule has 1 unspecified atom stereocenters. The van der Waals surface area contributed by atoms with Gasteiger partial charge in [-0.3, -0.25) is 9.79 Å². The maximum absolute atomic E-state index is 11.2. The molecule has 0 fully saturated rings. The number of nitrogens with zero attached hydrogens (tertiary/aromatic N) is 1. The van der Waals surface area contributed by atoms with E-state index < -0.39 is 21.5 Å². The van der Waals surface area contributed by atoms with Crippen LogP contribution in [0.5, 0.6) is 0 Å². The van der Waals surface area contributed by atoms with Crippen LogP contribution in [0.15, 0.2) is 40.2 Å². The van der Waals surface area contributed by atoms with Gasteiger partial charge in [0.1, 0.15) is 10.1 Å². The second-order valence-corrected chi connectivity index (χ2v) is 6.75. The average Bonchev–Trinajstić information content (AvgIpc) is 2.66. The third-order valence-corrected chi connectivity index (χ3v) is 4.66. The first-order valence-electron chi connectivity index (χ1n) is 6.70. The Kier molecular flexibility index (Phi) is 6.92. The van der Waals surface area contributed by atoms with Gasteiger partial charge in [0.05, 0.1) is 16.0 Å². The Morgan fingerprint density at radius 2 is 2.09 bits per heavy atom. The molecule has 6 nitrogen and oxygen atoms in total. The van der Waals surface area contributed by atoms with Crippen LogP contribution in [0.1, 0.15) is 32.3 Å². The molecule has 0 aliphatic carbocycles. The van der Waals surface area contributed by atoms with Crippen molar-refractivity contribution in [1.29, 1.82) is 0 Å². The van der Waals surface area contributed by atoms with E-state index in [9.17, 15) is 17.8 Å². The van der Waals surface area contributed by atoms with Gasteiger partial charge in [0.25, 0.3) is 0 Å². The monoisotopic (exact) mass is 361 g/mol. The number of carboxylic acids is 1. The molecular weight excluding hydrogens is 345 g/mol. The Bertz CT molecular complexity index is 785. The summed E-state index contributed by atoms with van der Waals surface area (Å²) in [5, 5.41) is 8.65. The first-order chi connectivity index (χ1) is 10.1. The second-order valence-electron chi connectivity index (χ2n) is 5.37. The van der Waals surface area contributed by atoms with Crippen LogP contribution in [0.4, 0.5) is 5.69 Å². The fourth-order valence-corrected chi connectivity index (χ4v) is 2.91. The minimum Gasteiger partial charge on any atom is -0.744 e. The SMILES string of the molecule is CC1=Nc2ccc(S(=O)(=O)[O-])cc2C1(C)/C=C\CCC(=O)O.[K+]. The van der Waals surface area contributed by atoms with E-state index in [0.717, 1.165) is 5.71 Å². The van der Waals surface area contributed by atoms with Crippen molar-refractivity contribution in [2.24, 2.45) is 4.99 Å². The number of aliphatic imine (C=N–C) groups is 1. The summed E-state index contributed by atoms with van der Waals surface area (Å²) in [6, 6.07) is 4.11. The summed E-state index contributed by atoms with van der Waals surface area (Å²) in [4.78, 5) is 14.6. The summed E-state index contributed by atoms with van der Waals surface area (Å²) < 4.78 is 33.6. The van der Waals surface area contributed by atoms with E-state index in [0.29, 0.717) is 17.7 Å². The maximum Gasteiger partial charge on any atom is 1.00 e. The van der Waals surface area contributed by atoms with Crippen LogP contribution in [0.2, 0.25) is 0 Å². The Balaban J connectivity index is 0.00000264. The van der Waals surface area contributed by atoms with E-state index in [1.54, 1.807) is 6.08 Å². The van der Waals surface area contributed by atoms with Gasteiger partial charge >= 0.3 is 57.4 Å². The fraction of sp³-hybridized carbons (Fsp3) is 0.333. The largest absolute Gasteiger partial charge is 1.00 e. The Morgan fingerprint density at radius 3 is 2.65 bits per heavy atom. The summed E-state index contributed by atoms with van der Waals surface area (Å²) in [5.41, 5.74) is 1.37. The number of allylic oxidation sites excluding steroid dienone is 2. The molecule has 0 aromatic heterocycles. The van der Waals surface area contributed by atoms with Gasteiger partial charge in [-0.05, 0) is 44.0 Å². The van der Waals surface area contributed by atoms with Crippen molar-refractivity contribution in [3.05, 3.63) is 35.9 Å². The Labute approximate surface area is 177 Å². The minimum absolute atomic E-state index is 0. The van der Waals surface area contributed by atoms with Gasteiger partial charge in [-0.15, -0.1) is 0 Å². The second kappa shape index (κ2) is 7.69. The Hall–Kier alpha value is -0.354. The number of aliphatic carboxylic acids is 1. The van der Waals surface area contributed by atoms with E-state index in [4.69, 9.17) is 5.11 Å². The molecule has 0 amide bonds. The summed E-state index contributed by atoms with van der Waals surface area (Å²) in [6.07, 6.45) is 3.93. The van der Waals surface area contributed by atoms with Gasteiger partial charge < -0.3 is 9.66 Å². The fourth-order valence-electron chi connectivity index (χ4n) is 2.41. The Morgan fingerprint density at radius 1 is 1.43 bits per heavy atom. The first-order valence-corrected chi connectivity index (χ1v) is 8.11. The van der Waals surface area contributed by atoms with Crippen molar-refractivity contribution in [3.63, 3.8) is 0 Å². The predicted octanol–water partition coefficient (Wildman–Crippen LogP) is -0.621. The molecule has 1 aromatic rings. The smallest absolute Gasteiger partial charge is 0.744 e. The quantitative estimate of drug-likeness (QED) is 0.427. The molecule has 0 saturated heterocycles. The normalized spacial score (nSPS) is 20.0. The van der Waals surface area contributed by atoms with Crippen LogP contribution in [-0.2, 0) is 20.3 Å². The van der Waals surface area contributed by atoms with Crippen molar-refractivity contribution in [1.82, 2.24) is 0 Å². The summed E-state index contributed by atoms with van der Waals surface area (Å²) >= 11 is 0. The van der Waals surface area contributed by atoms with Gasteiger partial charge in [0, 0.05) is 12.1 Å². The number of fused-ring (bicyclic) bond motifs is 1. The molecule has 1 atom stereocenters. The van der Waals surface area contributed by atoms with E-state index in [1.165, 1.54) is 18.2 Å². The minimum atomic E-state index is -4.53. The summed E-state index contributed by atoms with van der Waals surface area (Å²) in [6.45, 7) is 3.67. The zero-order chi connectivity index (χ0) is 16.5. The van der Waals surface area contributed by atoms with E-state index in [1.807, 2.05) is 19.9 Å². The van der Waals surface area contributed by atoms with Crippen LogP contribution < -0.4 is 51.4 Å². The predicted molar refractivity (Wildman–Crippen MR) is 80.5 cm³/mol. The van der Waals surface area contributed by atoms with Gasteiger partial charge in [0.15, 0.2) is 0 Å². The van der Waals surface area contributed by atoms with Crippen molar-refractivity contribution >= 4 is 27.5 Å². The third-order valence-electron chi connectivity index (χ3n) is 3.83. The van der Waals surface area contributed by atoms with E-state index in [2.05, 4.69) is 4.99 Å². The summed E-state index contributed by atoms with van der Waals surface area (Å²) in [7, 11) is -4.53. The molecule has 23 heavy (non-hydrogen) atoms. The van der Waals surface area contributed by atoms with Gasteiger partial charge in [-0.2, -0.15) is 0 Å². The van der Waals surface area contributed by atoms with Crippen molar-refractivity contribution in [3.8, 4) is 0 Å². The zero-order valence-corrected chi connectivity index (χ0v) is 17.2. The number of hydrogen-bond donors (Lipinski definition) is 1.